The summed E-state index contributed by atoms with van der Waals surface area (Å²) in [5.74, 6) is -0.173. The summed E-state index contributed by atoms with van der Waals surface area (Å²) in [5.41, 5.74) is 7.22. The van der Waals surface area contributed by atoms with E-state index in [2.05, 4.69) is 9.80 Å². The van der Waals surface area contributed by atoms with Crippen molar-refractivity contribution in [3.8, 4) is 0 Å². The van der Waals surface area contributed by atoms with E-state index < -0.39 is 0 Å². The molecule has 2 heterocycles. The summed E-state index contributed by atoms with van der Waals surface area (Å²) in [7, 11) is 0. The predicted molar refractivity (Wildman–Crippen MR) is 79.0 cm³/mol. The molecule has 0 bridgehead atoms. The summed E-state index contributed by atoms with van der Waals surface area (Å²) in [5, 5.41) is 0. The number of hydrogen-bond acceptors (Lipinski definition) is 3. The minimum Gasteiger partial charge on any atom is -0.326 e. The van der Waals surface area contributed by atoms with Crippen LogP contribution < -0.4 is 5.73 Å². The molecule has 3 rings (SSSR count). The minimum absolute atomic E-state index is 0.00440. The Kier molecular flexibility index (Phi) is 4.06. The Morgan fingerprint density at radius 2 is 2.15 bits per heavy atom. The molecule has 0 radical (unpaired) electrons. The Hall–Kier alpha value is -0.970. The summed E-state index contributed by atoms with van der Waals surface area (Å²) < 4.78 is 13.5. The van der Waals surface area contributed by atoms with Crippen LogP contribution >= 0.6 is 0 Å². The Labute approximate surface area is 120 Å². The van der Waals surface area contributed by atoms with Crippen molar-refractivity contribution in [3.05, 3.63) is 35.6 Å². The molecular formula is C16H24FN3. The fourth-order valence-electron chi connectivity index (χ4n) is 3.81. The lowest BCUT2D eigenvalue weighted by molar-refractivity contribution is 0.0634. The molecule has 0 saturated carbocycles. The van der Waals surface area contributed by atoms with Gasteiger partial charge in [-0.2, -0.15) is 0 Å². The molecule has 1 aromatic rings. The van der Waals surface area contributed by atoms with Gasteiger partial charge in [-0.3, -0.25) is 9.80 Å². The van der Waals surface area contributed by atoms with Crippen LogP contribution in [0.15, 0.2) is 24.3 Å². The highest BCUT2D eigenvalue weighted by molar-refractivity contribution is 5.22. The van der Waals surface area contributed by atoms with E-state index >= 15 is 0 Å². The molecule has 0 aromatic heterocycles. The van der Waals surface area contributed by atoms with Crippen LogP contribution in [0.3, 0.4) is 0 Å². The average Bonchev–Trinajstić information content (AvgIpc) is 2.86. The molecule has 2 aliphatic rings. The van der Waals surface area contributed by atoms with Crippen molar-refractivity contribution < 1.29 is 4.39 Å². The van der Waals surface area contributed by atoms with Crippen LogP contribution in [-0.2, 0) is 0 Å². The van der Waals surface area contributed by atoms with Gasteiger partial charge in [-0.25, -0.2) is 4.39 Å². The fourth-order valence-corrected chi connectivity index (χ4v) is 3.81. The summed E-state index contributed by atoms with van der Waals surface area (Å²) in [4.78, 5) is 5.03. The second-order valence-electron chi connectivity index (χ2n) is 6.19. The van der Waals surface area contributed by atoms with E-state index in [1.54, 1.807) is 12.1 Å². The zero-order valence-corrected chi connectivity index (χ0v) is 12.1. The van der Waals surface area contributed by atoms with E-state index in [4.69, 9.17) is 5.73 Å². The minimum atomic E-state index is -0.173. The number of piperazine rings is 1. The first-order chi connectivity index (χ1) is 9.65. The normalized spacial score (nSPS) is 27.2. The predicted octanol–water partition coefficient (Wildman–Crippen LogP) is 1.99. The standard InChI is InChI=1S/C16H24FN3/c1-12(18)16(13-4-2-5-14(17)10-13)20-9-8-19-7-3-6-15(19)11-20/h2,4-5,10,12,15-16H,3,6-9,11,18H2,1H3. The third kappa shape index (κ3) is 2.73. The van der Waals surface area contributed by atoms with Crippen molar-refractivity contribution in [2.24, 2.45) is 5.73 Å². The summed E-state index contributed by atoms with van der Waals surface area (Å²) in [6.45, 7) is 6.46. The van der Waals surface area contributed by atoms with Gasteiger partial charge in [0.2, 0.25) is 0 Å². The van der Waals surface area contributed by atoms with Gasteiger partial charge in [0.25, 0.3) is 0 Å². The number of halogens is 1. The monoisotopic (exact) mass is 277 g/mol. The molecule has 2 fully saturated rings. The van der Waals surface area contributed by atoms with Crippen LogP contribution in [0.25, 0.3) is 0 Å². The van der Waals surface area contributed by atoms with E-state index in [1.165, 1.54) is 25.5 Å². The molecule has 0 aliphatic carbocycles. The van der Waals surface area contributed by atoms with Crippen molar-refractivity contribution >= 4 is 0 Å². The van der Waals surface area contributed by atoms with Gasteiger partial charge in [0, 0.05) is 37.8 Å². The molecule has 2 aliphatic heterocycles. The summed E-state index contributed by atoms with van der Waals surface area (Å²) in [6, 6.07) is 7.70. The molecular weight excluding hydrogens is 253 g/mol. The first kappa shape index (κ1) is 14.0. The molecule has 0 spiro atoms. The van der Waals surface area contributed by atoms with E-state index in [9.17, 15) is 4.39 Å². The number of hydrogen-bond donors (Lipinski definition) is 1. The fraction of sp³-hybridized carbons (Fsp3) is 0.625. The van der Waals surface area contributed by atoms with Crippen LogP contribution in [0.5, 0.6) is 0 Å². The number of nitrogens with zero attached hydrogens (tertiary/aromatic N) is 2. The smallest absolute Gasteiger partial charge is 0.123 e. The van der Waals surface area contributed by atoms with E-state index in [0.29, 0.717) is 6.04 Å². The molecule has 1 aromatic carbocycles. The van der Waals surface area contributed by atoms with Crippen LogP contribution in [0, 0.1) is 5.82 Å². The molecule has 110 valence electrons. The number of benzene rings is 1. The maximum Gasteiger partial charge on any atom is 0.123 e. The quantitative estimate of drug-likeness (QED) is 0.917. The molecule has 4 heteroatoms. The van der Waals surface area contributed by atoms with Gasteiger partial charge in [-0.15, -0.1) is 0 Å². The SMILES string of the molecule is CC(N)C(c1cccc(F)c1)N1CCN2CCCC2C1. The topological polar surface area (TPSA) is 32.5 Å². The van der Waals surface area contributed by atoms with Gasteiger partial charge in [-0.05, 0) is 44.0 Å². The van der Waals surface area contributed by atoms with Gasteiger partial charge >= 0.3 is 0 Å². The first-order valence-corrected chi connectivity index (χ1v) is 7.64. The maximum atomic E-state index is 13.5. The van der Waals surface area contributed by atoms with Gasteiger partial charge in [-0.1, -0.05) is 12.1 Å². The molecule has 2 N–H and O–H groups in total. The lowest BCUT2D eigenvalue weighted by Gasteiger charge is -2.43. The molecule has 2 saturated heterocycles. The Bertz CT molecular complexity index is 463. The van der Waals surface area contributed by atoms with Gasteiger partial charge < -0.3 is 5.73 Å². The zero-order chi connectivity index (χ0) is 14.1. The van der Waals surface area contributed by atoms with Crippen LogP contribution in [0.1, 0.15) is 31.4 Å². The maximum absolute atomic E-state index is 13.5. The summed E-state index contributed by atoms with van der Waals surface area (Å²) in [6.07, 6.45) is 2.59. The lowest BCUT2D eigenvalue weighted by Crippen LogP contribution is -2.53. The lowest BCUT2D eigenvalue weighted by atomic mass is 9.97. The second-order valence-corrected chi connectivity index (χ2v) is 6.19. The van der Waals surface area contributed by atoms with Gasteiger partial charge in [0.05, 0.1) is 0 Å². The van der Waals surface area contributed by atoms with Gasteiger partial charge in [0.1, 0.15) is 5.82 Å². The number of rotatable bonds is 3. The van der Waals surface area contributed by atoms with Gasteiger partial charge in [0.15, 0.2) is 0 Å². The Balaban J connectivity index is 1.80. The molecule has 3 atom stereocenters. The van der Waals surface area contributed by atoms with E-state index in [1.807, 2.05) is 13.0 Å². The number of fused-ring (bicyclic) bond motifs is 1. The third-order valence-corrected chi connectivity index (χ3v) is 4.70. The van der Waals surface area contributed by atoms with Crippen molar-refractivity contribution in [1.82, 2.24) is 9.80 Å². The Morgan fingerprint density at radius 1 is 1.30 bits per heavy atom. The molecule has 3 unspecified atom stereocenters. The van der Waals surface area contributed by atoms with Crippen LogP contribution in [-0.4, -0.2) is 48.1 Å². The van der Waals surface area contributed by atoms with E-state index in [0.717, 1.165) is 25.2 Å². The van der Waals surface area contributed by atoms with E-state index in [-0.39, 0.29) is 17.9 Å². The molecule has 20 heavy (non-hydrogen) atoms. The van der Waals surface area contributed by atoms with Crippen molar-refractivity contribution in [1.29, 1.82) is 0 Å². The highest BCUT2D eigenvalue weighted by atomic mass is 19.1. The zero-order valence-electron chi connectivity index (χ0n) is 12.1. The third-order valence-electron chi connectivity index (χ3n) is 4.70. The van der Waals surface area contributed by atoms with Crippen molar-refractivity contribution in [3.63, 3.8) is 0 Å². The summed E-state index contributed by atoms with van der Waals surface area (Å²) >= 11 is 0. The van der Waals surface area contributed by atoms with Crippen LogP contribution in [0.4, 0.5) is 4.39 Å². The first-order valence-electron chi connectivity index (χ1n) is 7.64. The largest absolute Gasteiger partial charge is 0.326 e. The molecule has 3 nitrogen and oxygen atoms in total. The Morgan fingerprint density at radius 3 is 2.90 bits per heavy atom. The highest BCUT2D eigenvalue weighted by Gasteiger charge is 2.35. The second kappa shape index (κ2) is 5.80. The molecule has 0 amide bonds. The van der Waals surface area contributed by atoms with Crippen molar-refractivity contribution in [2.45, 2.75) is 37.9 Å². The van der Waals surface area contributed by atoms with Crippen molar-refractivity contribution in [2.75, 3.05) is 26.2 Å². The van der Waals surface area contributed by atoms with Crippen LogP contribution in [0.2, 0.25) is 0 Å². The number of nitrogens with two attached hydrogens (primary N) is 1. The average molecular weight is 277 g/mol. The highest BCUT2D eigenvalue weighted by Crippen LogP contribution is 2.30.